The predicted molar refractivity (Wildman–Crippen MR) is 37.5 cm³/mol. The zero-order valence-electron chi connectivity index (χ0n) is 5.89. The molecule has 0 saturated carbocycles. The van der Waals surface area contributed by atoms with Gasteiger partial charge in [0.1, 0.15) is 0 Å². The molecule has 3 nitrogen and oxygen atoms in total. The Morgan fingerprint density at radius 3 is 3.00 bits per heavy atom. The van der Waals surface area contributed by atoms with Gasteiger partial charge in [-0.05, 0) is 12.8 Å². The molecular weight excluding hydrogens is 128 g/mol. The molecule has 3 fully saturated rings. The Hall–Kier alpha value is -0.570. The van der Waals surface area contributed by atoms with Gasteiger partial charge >= 0.3 is 0 Å². The fourth-order valence-electron chi connectivity index (χ4n) is 1.70. The first-order chi connectivity index (χ1) is 4.86. The van der Waals surface area contributed by atoms with Crippen LogP contribution in [-0.2, 0) is 4.79 Å². The average molecular weight is 140 g/mol. The third-order valence-electron chi connectivity index (χ3n) is 2.36. The van der Waals surface area contributed by atoms with Gasteiger partial charge in [0.05, 0.1) is 5.92 Å². The molecule has 0 spiro atoms. The predicted octanol–water partition coefficient (Wildman–Crippen LogP) is -0.516. The number of carbonyl (C=O) groups is 1. The van der Waals surface area contributed by atoms with E-state index in [1.807, 2.05) is 0 Å². The second-order valence-electron chi connectivity index (χ2n) is 3.14. The number of hydrogen-bond donors (Lipinski definition) is 2. The lowest BCUT2D eigenvalue weighted by Crippen LogP contribution is -2.43. The number of piperidine rings is 1. The van der Waals surface area contributed by atoms with Crippen molar-refractivity contribution in [1.29, 1.82) is 0 Å². The Morgan fingerprint density at radius 1 is 1.30 bits per heavy atom. The minimum atomic E-state index is 0.249. The summed E-state index contributed by atoms with van der Waals surface area (Å²) in [5.74, 6) is 0.500. The summed E-state index contributed by atoms with van der Waals surface area (Å²) in [4.78, 5) is 11.1. The number of nitrogens with one attached hydrogen (secondary N) is 2. The van der Waals surface area contributed by atoms with Crippen LogP contribution in [0.5, 0.6) is 0 Å². The number of carbonyl (C=O) groups excluding carboxylic acids is 1. The maximum Gasteiger partial charge on any atom is 0.224 e. The van der Waals surface area contributed by atoms with Crippen molar-refractivity contribution in [2.45, 2.75) is 18.9 Å². The Labute approximate surface area is 60.2 Å². The highest BCUT2D eigenvalue weighted by atomic mass is 16.2. The molecule has 1 amide bonds. The van der Waals surface area contributed by atoms with Crippen molar-refractivity contribution in [1.82, 2.24) is 10.6 Å². The molecular formula is C7H12N2O. The van der Waals surface area contributed by atoms with Crippen molar-refractivity contribution in [3.8, 4) is 0 Å². The summed E-state index contributed by atoms with van der Waals surface area (Å²) in [5.41, 5.74) is 0. The number of rotatable bonds is 0. The smallest absolute Gasteiger partial charge is 0.224 e. The van der Waals surface area contributed by atoms with Crippen molar-refractivity contribution in [3.05, 3.63) is 0 Å². The van der Waals surface area contributed by atoms with Crippen LogP contribution in [0.15, 0.2) is 0 Å². The summed E-state index contributed by atoms with van der Waals surface area (Å²) in [6.07, 6.45) is 2.23. The van der Waals surface area contributed by atoms with E-state index in [0.29, 0.717) is 6.04 Å². The van der Waals surface area contributed by atoms with Crippen LogP contribution in [-0.4, -0.2) is 25.0 Å². The van der Waals surface area contributed by atoms with Crippen molar-refractivity contribution < 1.29 is 4.79 Å². The fourth-order valence-corrected chi connectivity index (χ4v) is 1.70. The fraction of sp³-hybridized carbons (Fsp3) is 0.857. The van der Waals surface area contributed by atoms with Gasteiger partial charge in [0.25, 0.3) is 0 Å². The van der Waals surface area contributed by atoms with Crippen molar-refractivity contribution in [3.63, 3.8) is 0 Å². The summed E-state index contributed by atoms with van der Waals surface area (Å²) >= 11 is 0. The van der Waals surface area contributed by atoms with Crippen LogP contribution in [0.2, 0.25) is 0 Å². The first kappa shape index (κ1) is 6.16. The lowest BCUT2D eigenvalue weighted by Gasteiger charge is -2.22. The minimum absolute atomic E-state index is 0.249. The van der Waals surface area contributed by atoms with E-state index < -0.39 is 0 Å². The summed E-state index contributed by atoms with van der Waals surface area (Å²) in [5, 5.41) is 6.23. The van der Waals surface area contributed by atoms with E-state index in [1.165, 1.54) is 0 Å². The third-order valence-corrected chi connectivity index (χ3v) is 2.36. The number of hydrogen-bond acceptors (Lipinski definition) is 2. The van der Waals surface area contributed by atoms with Gasteiger partial charge in [0.15, 0.2) is 0 Å². The molecule has 10 heavy (non-hydrogen) atoms. The third kappa shape index (κ3) is 0.904. The molecule has 0 aromatic carbocycles. The van der Waals surface area contributed by atoms with Crippen LogP contribution in [0.25, 0.3) is 0 Å². The Morgan fingerprint density at radius 2 is 2.20 bits per heavy atom. The van der Waals surface area contributed by atoms with Gasteiger partial charge in [-0.1, -0.05) is 0 Å². The van der Waals surface area contributed by atoms with Gasteiger partial charge in [0.2, 0.25) is 5.91 Å². The molecule has 3 heteroatoms. The molecule has 0 aliphatic carbocycles. The van der Waals surface area contributed by atoms with E-state index in [-0.39, 0.29) is 11.8 Å². The van der Waals surface area contributed by atoms with E-state index in [4.69, 9.17) is 0 Å². The highest BCUT2D eigenvalue weighted by molar-refractivity contribution is 5.80. The van der Waals surface area contributed by atoms with Crippen molar-refractivity contribution in [2.75, 3.05) is 13.1 Å². The average Bonchev–Trinajstić information content (AvgIpc) is 2.20. The molecule has 0 unspecified atom stereocenters. The second kappa shape index (κ2) is 2.23. The summed E-state index contributed by atoms with van der Waals surface area (Å²) in [6.45, 7) is 1.84. The summed E-state index contributed by atoms with van der Waals surface area (Å²) < 4.78 is 0. The van der Waals surface area contributed by atoms with Gasteiger partial charge in [-0.2, -0.15) is 0 Å². The first-order valence-electron chi connectivity index (χ1n) is 3.87. The van der Waals surface area contributed by atoms with Gasteiger partial charge in [-0.3, -0.25) is 4.79 Å². The van der Waals surface area contributed by atoms with Crippen molar-refractivity contribution >= 4 is 5.91 Å². The molecule has 3 saturated heterocycles. The van der Waals surface area contributed by atoms with Gasteiger partial charge in [-0.25, -0.2) is 0 Å². The lowest BCUT2D eigenvalue weighted by molar-refractivity contribution is -0.126. The zero-order chi connectivity index (χ0) is 6.97. The molecule has 2 N–H and O–H groups in total. The van der Waals surface area contributed by atoms with Crippen molar-refractivity contribution in [2.24, 2.45) is 5.92 Å². The number of fused-ring (bicyclic) bond motifs is 4. The van der Waals surface area contributed by atoms with E-state index in [9.17, 15) is 4.79 Å². The standard InChI is InChI=1S/C7H12N2O/c10-7-5-1-2-6(9-7)4-8-3-5/h5-6,8H,1-4H2,(H,9,10)/t5-,6+/m1/s1. The summed E-state index contributed by atoms with van der Waals surface area (Å²) in [6, 6.07) is 0.409. The SMILES string of the molecule is O=C1N[C@H]2CC[C@@H]1CNC2. The largest absolute Gasteiger partial charge is 0.352 e. The van der Waals surface area contributed by atoms with Crippen LogP contribution in [0.3, 0.4) is 0 Å². The topological polar surface area (TPSA) is 41.1 Å². The minimum Gasteiger partial charge on any atom is -0.352 e. The molecule has 0 aromatic heterocycles. The molecule has 0 aromatic rings. The Kier molecular flexibility index (Phi) is 1.38. The van der Waals surface area contributed by atoms with Gasteiger partial charge < -0.3 is 10.6 Å². The molecule has 2 atom stereocenters. The van der Waals surface area contributed by atoms with Crippen LogP contribution in [0.4, 0.5) is 0 Å². The van der Waals surface area contributed by atoms with E-state index in [2.05, 4.69) is 10.6 Å². The van der Waals surface area contributed by atoms with E-state index >= 15 is 0 Å². The highest BCUT2D eigenvalue weighted by Crippen LogP contribution is 2.17. The Balaban J connectivity index is 2.15. The van der Waals surface area contributed by atoms with E-state index in [0.717, 1.165) is 25.9 Å². The van der Waals surface area contributed by atoms with E-state index in [1.54, 1.807) is 0 Å². The summed E-state index contributed by atoms with van der Waals surface area (Å²) in [7, 11) is 0. The normalized spacial score (nSPS) is 39.0. The molecule has 0 radical (unpaired) electrons. The molecule has 3 heterocycles. The highest BCUT2D eigenvalue weighted by Gasteiger charge is 2.30. The molecule has 3 aliphatic rings. The van der Waals surface area contributed by atoms with Crippen LogP contribution in [0.1, 0.15) is 12.8 Å². The maximum absolute atomic E-state index is 11.1. The Bertz CT molecular complexity index is 154. The van der Waals surface area contributed by atoms with Crippen LogP contribution < -0.4 is 10.6 Å². The molecule has 3 aliphatic heterocycles. The molecule has 56 valence electrons. The van der Waals surface area contributed by atoms with Crippen LogP contribution >= 0.6 is 0 Å². The number of amides is 1. The monoisotopic (exact) mass is 140 g/mol. The lowest BCUT2D eigenvalue weighted by atomic mass is 9.96. The quantitative estimate of drug-likeness (QED) is 0.475. The molecule has 3 rings (SSSR count). The van der Waals surface area contributed by atoms with Gasteiger partial charge in [0, 0.05) is 19.1 Å². The first-order valence-corrected chi connectivity index (χ1v) is 3.87. The van der Waals surface area contributed by atoms with Crippen LogP contribution in [0, 0.1) is 5.92 Å². The second-order valence-corrected chi connectivity index (χ2v) is 3.14. The maximum atomic E-state index is 11.1. The zero-order valence-corrected chi connectivity index (χ0v) is 5.89. The van der Waals surface area contributed by atoms with Gasteiger partial charge in [-0.15, -0.1) is 0 Å². The molecule has 2 bridgehead atoms.